The second-order valence-corrected chi connectivity index (χ2v) is 5.78. The highest BCUT2D eigenvalue weighted by Gasteiger charge is 2.13. The van der Waals surface area contributed by atoms with Crippen LogP contribution in [0, 0.1) is 0 Å². The van der Waals surface area contributed by atoms with E-state index in [-0.39, 0.29) is 18.2 Å². The molecule has 0 radical (unpaired) electrons. The molecule has 0 aliphatic carbocycles. The van der Waals surface area contributed by atoms with Crippen molar-refractivity contribution in [3.8, 4) is 11.5 Å². The molecule has 0 aromatic heterocycles. The van der Waals surface area contributed by atoms with Gasteiger partial charge in [-0.05, 0) is 36.2 Å². The maximum atomic E-state index is 12.3. The summed E-state index contributed by atoms with van der Waals surface area (Å²) in [6.45, 7) is 3.93. The number of carbonyl (C=O) groups excluding carboxylic acids is 2. The Hall–Kier alpha value is -3.28. The van der Waals surface area contributed by atoms with Crippen molar-refractivity contribution in [2.45, 2.75) is 12.8 Å². The van der Waals surface area contributed by atoms with Crippen LogP contribution in [0.25, 0.3) is 0 Å². The minimum absolute atomic E-state index is 0.172. The third-order valence-corrected chi connectivity index (χ3v) is 3.94. The molecule has 0 atom stereocenters. The zero-order valence-corrected chi connectivity index (χ0v) is 15.6. The molecule has 6 nitrogen and oxygen atoms in total. The molecule has 0 fully saturated rings. The number of anilines is 1. The number of methoxy groups -OCH3 is 2. The zero-order valence-electron chi connectivity index (χ0n) is 15.6. The van der Waals surface area contributed by atoms with Crippen LogP contribution in [0.15, 0.2) is 55.1 Å². The molecule has 27 heavy (non-hydrogen) atoms. The van der Waals surface area contributed by atoms with Gasteiger partial charge in [-0.25, -0.2) is 0 Å². The Bertz CT molecular complexity index is 818. The Morgan fingerprint density at radius 1 is 1.07 bits per heavy atom. The van der Waals surface area contributed by atoms with Crippen molar-refractivity contribution in [2.75, 3.05) is 26.1 Å². The van der Waals surface area contributed by atoms with Crippen LogP contribution >= 0.6 is 0 Å². The topological polar surface area (TPSA) is 76.7 Å². The predicted octanol–water partition coefficient (Wildman–Crippen LogP) is 3.19. The van der Waals surface area contributed by atoms with E-state index >= 15 is 0 Å². The van der Waals surface area contributed by atoms with Crippen LogP contribution in [0.4, 0.5) is 5.69 Å². The fraction of sp³-hybridized carbons (Fsp3) is 0.238. The summed E-state index contributed by atoms with van der Waals surface area (Å²) in [6.07, 6.45) is 2.41. The average Bonchev–Trinajstić information content (AvgIpc) is 2.70. The Morgan fingerprint density at radius 2 is 1.81 bits per heavy atom. The fourth-order valence-electron chi connectivity index (χ4n) is 2.56. The van der Waals surface area contributed by atoms with Crippen LogP contribution in [0.2, 0.25) is 0 Å². The number of hydrogen-bond acceptors (Lipinski definition) is 4. The van der Waals surface area contributed by atoms with Gasteiger partial charge in [0.2, 0.25) is 5.91 Å². The van der Waals surface area contributed by atoms with E-state index in [0.29, 0.717) is 35.7 Å². The number of amides is 2. The monoisotopic (exact) mass is 368 g/mol. The summed E-state index contributed by atoms with van der Waals surface area (Å²) in [6, 6.07) is 12.5. The van der Waals surface area contributed by atoms with Gasteiger partial charge >= 0.3 is 0 Å². The van der Waals surface area contributed by atoms with Gasteiger partial charge in [0, 0.05) is 13.0 Å². The lowest BCUT2D eigenvalue weighted by molar-refractivity contribution is -0.116. The number of benzene rings is 2. The molecule has 2 aromatic rings. The second-order valence-electron chi connectivity index (χ2n) is 5.78. The molecular formula is C21H24N2O4. The van der Waals surface area contributed by atoms with E-state index in [4.69, 9.17) is 9.47 Å². The van der Waals surface area contributed by atoms with Gasteiger partial charge in [0.1, 0.15) is 0 Å². The lowest BCUT2D eigenvalue weighted by atomic mass is 10.1. The molecule has 0 heterocycles. The van der Waals surface area contributed by atoms with Crippen LogP contribution in [0.5, 0.6) is 11.5 Å². The van der Waals surface area contributed by atoms with Gasteiger partial charge < -0.3 is 20.1 Å². The predicted molar refractivity (Wildman–Crippen MR) is 105 cm³/mol. The van der Waals surface area contributed by atoms with Crippen molar-refractivity contribution in [1.29, 1.82) is 0 Å². The van der Waals surface area contributed by atoms with Gasteiger partial charge in [-0.15, -0.1) is 6.58 Å². The summed E-state index contributed by atoms with van der Waals surface area (Å²) in [7, 11) is 3.15. The molecule has 0 unspecified atom stereocenters. The van der Waals surface area contributed by atoms with Gasteiger partial charge in [0.25, 0.3) is 5.91 Å². The number of aryl methyl sites for hydroxylation is 1. The number of rotatable bonds is 9. The number of ether oxygens (including phenoxy) is 2. The smallest absolute Gasteiger partial charge is 0.253 e. The first-order chi connectivity index (χ1) is 13.1. The molecule has 2 rings (SSSR count). The Balaban J connectivity index is 2.00. The van der Waals surface area contributed by atoms with Crippen molar-refractivity contribution >= 4 is 17.5 Å². The van der Waals surface area contributed by atoms with Gasteiger partial charge in [-0.1, -0.05) is 24.3 Å². The van der Waals surface area contributed by atoms with Crippen molar-refractivity contribution < 1.29 is 19.1 Å². The molecule has 0 aliphatic heterocycles. The van der Waals surface area contributed by atoms with Crippen LogP contribution in [-0.4, -0.2) is 32.6 Å². The Labute approximate surface area is 159 Å². The number of nitrogens with one attached hydrogen (secondary N) is 2. The molecule has 2 N–H and O–H groups in total. The minimum atomic E-state index is -0.259. The number of hydrogen-bond donors (Lipinski definition) is 2. The molecule has 0 saturated carbocycles. The molecule has 2 aromatic carbocycles. The molecular weight excluding hydrogens is 344 g/mol. The molecule has 2 amide bonds. The van der Waals surface area contributed by atoms with Gasteiger partial charge in [0.15, 0.2) is 11.5 Å². The third-order valence-electron chi connectivity index (χ3n) is 3.94. The molecule has 0 bridgehead atoms. The summed E-state index contributed by atoms with van der Waals surface area (Å²) in [5.74, 6) is 0.837. The fourth-order valence-corrected chi connectivity index (χ4v) is 2.56. The summed E-state index contributed by atoms with van der Waals surface area (Å²) >= 11 is 0. The van der Waals surface area contributed by atoms with Crippen molar-refractivity contribution in [1.82, 2.24) is 5.32 Å². The summed E-state index contributed by atoms with van der Waals surface area (Å²) in [5, 5.41) is 5.52. The van der Waals surface area contributed by atoms with Gasteiger partial charge in [-0.2, -0.15) is 0 Å². The maximum Gasteiger partial charge on any atom is 0.253 e. The van der Waals surface area contributed by atoms with Crippen LogP contribution in [0.3, 0.4) is 0 Å². The molecule has 6 heteroatoms. The highest BCUT2D eigenvalue weighted by Crippen LogP contribution is 2.28. The first kappa shape index (κ1) is 20.0. The summed E-state index contributed by atoms with van der Waals surface area (Å²) in [5.41, 5.74) is 1.86. The lowest BCUT2D eigenvalue weighted by Gasteiger charge is -2.12. The minimum Gasteiger partial charge on any atom is -0.493 e. The normalized spacial score (nSPS) is 10.0. The van der Waals surface area contributed by atoms with Crippen LogP contribution < -0.4 is 20.1 Å². The first-order valence-electron chi connectivity index (χ1n) is 8.58. The average molecular weight is 368 g/mol. The Morgan fingerprint density at radius 3 is 2.52 bits per heavy atom. The molecule has 0 saturated heterocycles. The molecule has 142 valence electrons. The van der Waals surface area contributed by atoms with Crippen molar-refractivity contribution in [2.24, 2.45) is 0 Å². The van der Waals surface area contributed by atoms with E-state index < -0.39 is 0 Å². The van der Waals surface area contributed by atoms with Gasteiger partial charge in [-0.3, -0.25) is 9.59 Å². The van der Waals surface area contributed by atoms with Crippen molar-refractivity contribution in [3.63, 3.8) is 0 Å². The maximum absolute atomic E-state index is 12.3. The van der Waals surface area contributed by atoms with Gasteiger partial charge in [0.05, 0.1) is 25.5 Å². The highest BCUT2D eigenvalue weighted by molar-refractivity contribution is 6.03. The number of carbonyl (C=O) groups is 2. The SMILES string of the molecule is C=CCNC(=O)c1ccccc1NC(=O)CCc1ccc(OC)c(OC)c1. The summed E-state index contributed by atoms with van der Waals surface area (Å²) < 4.78 is 10.5. The van der Waals surface area contributed by atoms with Crippen LogP contribution in [0.1, 0.15) is 22.3 Å². The quantitative estimate of drug-likeness (QED) is 0.667. The van der Waals surface area contributed by atoms with Crippen LogP contribution in [-0.2, 0) is 11.2 Å². The number of para-hydroxylation sites is 1. The second kappa shape index (κ2) is 10.0. The van der Waals surface area contributed by atoms with E-state index in [9.17, 15) is 9.59 Å². The largest absolute Gasteiger partial charge is 0.493 e. The molecule has 0 spiro atoms. The van der Waals surface area contributed by atoms with E-state index in [1.165, 1.54) is 0 Å². The zero-order chi connectivity index (χ0) is 19.6. The summed E-state index contributed by atoms with van der Waals surface area (Å²) in [4.78, 5) is 24.5. The van der Waals surface area contributed by atoms with E-state index in [0.717, 1.165) is 5.56 Å². The van der Waals surface area contributed by atoms with E-state index in [1.807, 2.05) is 18.2 Å². The van der Waals surface area contributed by atoms with E-state index in [2.05, 4.69) is 17.2 Å². The third kappa shape index (κ3) is 5.60. The van der Waals surface area contributed by atoms with E-state index in [1.54, 1.807) is 44.6 Å². The van der Waals surface area contributed by atoms with Crippen molar-refractivity contribution in [3.05, 3.63) is 66.2 Å². The lowest BCUT2D eigenvalue weighted by Crippen LogP contribution is -2.25. The first-order valence-corrected chi connectivity index (χ1v) is 8.58. The highest BCUT2D eigenvalue weighted by atomic mass is 16.5. The standard InChI is InChI=1S/C21H24N2O4/c1-4-13-22-21(25)16-7-5-6-8-17(16)23-20(24)12-10-15-9-11-18(26-2)19(14-15)27-3/h4-9,11,14H,1,10,12-13H2,2-3H3,(H,22,25)(H,23,24). The Kier molecular flexibility index (Phi) is 7.43. The molecule has 0 aliphatic rings.